The van der Waals surface area contributed by atoms with Crippen molar-refractivity contribution in [1.82, 2.24) is 0 Å². The standard InChI is InChI=1S/C11H18N2/c1-4-8-6-10(12)7(3)9(5-2)11(8)13/h6H,4-5,12-13H2,1-3H3. The van der Waals surface area contributed by atoms with Crippen molar-refractivity contribution < 1.29 is 0 Å². The molecule has 0 saturated heterocycles. The van der Waals surface area contributed by atoms with E-state index in [4.69, 9.17) is 11.5 Å². The molecule has 0 radical (unpaired) electrons. The minimum absolute atomic E-state index is 0.864. The Balaban J connectivity index is 3.39. The van der Waals surface area contributed by atoms with E-state index in [1.807, 2.05) is 13.0 Å². The Bertz CT molecular complexity index is 316. The monoisotopic (exact) mass is 178 g/mol. The normalized spacial score (nSPS) is 10.4. The van der Waals surface area contributed by atoms with Crippen molar-refractivity contribution in [2.75, 3.05) is 11.5 Å². The number of hydrogen-bond acceptors (Lipinski definition) is 2. The molecule has 1 aromatic rings. The molecule has 2 heteroatoms. The minimum Gasteiger partial charge on any atom is -0.398 e. The molecule has 0 aliphatic heterocycles. The average molecular weight is 178 g/mol. The second-order valence-electron chi connectivity index (χ2n) is 3.35. The fourth-order valence-electron chi connectivity index (χ4n) is 1.69. The van der Waals surface area contributed by atoms with Crippen LogP contribution in [0.2, 0.25) is 0 Å². The molecule has 72 valence electrons. The van der Waals surface area contributed by atoms with Crippen LogP contribution in [-0.2, 0) is 12.8 Å². The Kier molecular flexibility index (Phi) is 2.81. The molecule has 0 aliphatic carbocycles. The summed E-state index contributed by atoms with van der Waals surface area (Å²) in [6.07, 6.45) is 1.90. The Hall–Kier alpha value is -1.18. The fraction of sp³-hybridized carbons (Fsp3) is 0.455. The lowest BCUT2D eigenvalue weighted by Crippen LogP contribution is -2.04. The minimum atomic E-state index is 0.864. The van der Waals surface area contributed by atoms with E-state index < -0.39 is 0 Å². The topological polar surface area (TPSA) is 52.0 Å². The van der Waals surface area contributed by atoms with Gasteiger partial charge in [0, 0.05) is 11.4 Å². The number of anilines is 2. The van der Waals surface area contributed by atoms with Crippen LogP contribution >= 0.6 is 0 Å². The third-order valence-corrected chi connectivity index (χ3v) is 2.62. The predicted octanol–water partition coefficient (Wildman–Crippen LogP) is 2.28. The summed E-state index contributed by atoms with van der Waals surface area (Å²) in [6, 6.07) is 1.99. The van der Waals surface area contributed by atoms with Gasteiger partial charge in [0.05, 0.1) is 0 Å². The zero-order chi connectivity index (χ0) is 10.0. The second kappa shape index (κ2) is 3.69. The van der Waals surface area contributed by atoms with Gasteiger partial charge in [-0.25, -0.2) is 0 Å². The van der Waals surface area contributed by atoms with E-state index in [-0.39, 0.29) is 0 Å². The van der Waals surface area contributed by atoms with Gasteiger partial charge in [-0.1, -0.05) is 13.8 Å². The number of benzene rings is 1. The number of hydrogen-bond donors (Lipinski definition) is 2. The Morgan fingerprint density at radius 3 is 2.23 bits per heavy atom. The summed E-state index contributed by atoms with van der Waals surface area (Å²) in [5, 5.41) is 0. The van der Waals surface area contributed by atoms with E-state index in [0.29, 0.717) is 0 Å². The van der Waals surface area contributed by atoms with Gasteiger partial charge in [-0.05, 0) is 42.5 Å². The highest BCUT2D eigenvalue weighted by molar-refractivity contribution is 5.66. The van der Waals surface area contributed by atoms with E-state index >= 15 is 0 Å². The van der Waals surface area contributed by atoms with Crippen molar-refractivity contribution in [3.05, 3.63) is 22.8 Å². The smallest absolute Gasteiger partial charge is 0.0383 e. The van der Waals surface area contributed by atoms with E-state index in [1.54, 1.807) is 0 Å². The number of aryl methyl sites for hydroxylation is 1. The first-order chi connectivity index (χ1) is 6.11. The van der Waals surface area contributed by atoms with Gasteiger partial charge in [0.25, 0.3) is 0 Å². The van der Waals surface area contributed by atoms with Crippen molar-refractivity contribution in [3.63, 3.8) is 0 Å². The van der Waals surface area contributed by atoms with Gasteiger partial charge in [0.2, 0.25) is 0 Å². The maximum atomic E-state index is 6.02. The summed E-state index contributed by atoms with van der Waals surface area (Å²) in [4.78, 5) is 0. The second-order valence-corrected chi connectivity index (χ2v) is 3.35. The van der Waals surface area contributed by atoms with Gasteiger partial charge < -0.3 is 11.5 Å². The average Bonchev–Trinajstić information content (AvgIpc) is 2.12. The number of nitrogen functional groups attached to an aromatic ring is 2. The molecule has 0 aliphatic rings. The molecule has 0 unspecified atom stereocenters. The van der Waals surface area contributed by atoms with Crippen molar-refractivity contribution in [1.29, 1.82) is 0 Å². The first-order valence-corrected chi connectivity index (χ1v) is 4.78. The molecule has 0 atom stereocenters. The first-order valence-electron chi connectivity index (χ1n) is 4.78. The van der Waals surface area contributed by atoms with Crippen LogP contribution in [0.4, 0.5) is 11.4 Å². The van der Waals surface area contributed by atoms with Crippen LogP contribution in [-0.4, -0.2) is 0 Å². The third kappa shape index (κ3) is 1.62. The highest BCUT2D eigenvalue weighted by atomic mass is 14.6. The Morgan fingerprint density at radius 1 is 1.15 bits per heavy atom. The molecule has 4 N–H and O–H groups in total. The Labute approximate surface area is 79.9 Å². The summed E-state index contributed by atoms with van der Waals surface area (Å²) in [6.45, 7) is 6.24. The van der Waals surface area contributed by atoms with Crippen LogP contribution in [0.5, 0.6) is 0 Å². The predicted molar refractivity (Wildman–Crippen MR) is 58.8 cm³/mol. The Morgan fingerprint density at radius 2 is 1.77 bits per heavy atom. The number of nitrogens with two attached hydrogens (primary N) is 2. The van der Waals surface area contributed by atoms with Crippen LogP contribution in [0.15, 0.2) is 6.07 Å². The van der Waals surface area contributed by atoms with E-state index in [9.17, 15) is 0 Å². The maximum Gasteiger partial charge on any atom is 0.0383 e. The summed E-state index contributed by atoms with van der Waals surface area (Å²) in [7, 11) is 0. The van der Waals surface area contributed by atoms with Gasteiger partial charge >= 0.3 is 0 Å². The molecule has 0 spiro atoms. The molecule has 0 amide bonds. The van der Waals surface area contributed by atoms with Crippen molar-refractivity contribution in [2.45, 2.75) is 33.6 Å². The van der Waals surface area contributed by atoms with Crippen LogP contribution in [0.1, 0.15) is 30.5 Å². The van der Waals surface area contributed by atoms with Crippen LogP contribution in [0.25, 0.3) is 0 Å². The zero-order valence-electron chi connectivity index (χ0n) is 8.65. The quantitative estimate of drug-likeness (QED) is 0.683. The maximum absolute atomic E-state index is 6.02. The highest BCUT2D eigenvalue weighted by Gasteiger charge is 2.08. The summed E-state index contributed by atoms with van der Waals surface area (Å²) in [5.74, 6) is 0. The fourth-order valence-corrected chi connectivity index (χ4v) is 1.69. The molecule has 0 heterocycles. The lowest BCUT2D eigenvalue weighted by Gasteiger charge is -2.14. The van der Waals surface area contributed by atoms with Crippen molar-refractivity contribution >= 4 is 11.4 Å². The largest absolute Gasteiger partial charge is 0.398 e. The summed E-state index contributed by atoms with van der Waals surface area (Å²) in [5.41, 5.74) is 17.2. The van der Waals surface area contributed by atoms with Crippen LogP contribution in [0, 0.1) is 6.92 Å². The first kappa shape index (κ1) is 9.90. The molecule has 2 nitrogen and oxygen atoms in total. The molecule has 0 saturated carbocycles. The molecule has 0 bridgehead atoms. The summed E-state index contributed by atoms with van der Waals surface area (Å²) < 4.78 is 0. The zero-order valence-corrected chi connectivity index (χ0v) is 8.65. The SMILES string of the molecule is CCc1cc(N)c(C)c(CC)c1N. The third-order valence-electron chi connectivity index (χ3n) is 2.62. The van der Waals surface area contributed by atoms with Gasteiger partial charge in [0.1, 0.15) is 0 Å². The van der Waals surface area contributed by atoms with Gasteiger partial charge in [0.15, 0.2) is 0 Å². The molecule has 0 fully saturated rings. The number of rotatable bonds is 2. The van der Waals surface area contributed by atoms with E-state index in [2.05, 4.69) is 13.8 Å². The molecule has 1 aromatic carbocycles. The van der Waals surface area contributed by atoms with Crippen molar-refractivity contribution in [3.8, 4) is 0 Å². The van der Waals surface area contributed by atoms with E-state index in [1.165, 1.54) is 11.1 Å². The molecule has 0 aromatic heterocycles. The highest BCUT2D eigenvalue weighted by Crippen LogP contribution is 2.27. The van der Waals surface area contributed by atoms with Gasteiger partial charge in [-0.3, -0.25) is 0 Å². The van der Waals surface area contributed by atoms with Crippen LogP contribution in [0.3, 0.4) is 0 Å². The van der Waals surface area contributed by atoms with Gasteiger partial charge in [-0.15, -0.1) is 0 Å². The van der Waals surface area contributed by atoms with Crippen molar-refractivity contribution in [2.24, 2.45) is 0 Å². The lowest BCUT2D eigenvalue weighted by molar-refractivity contribution is 1.08. The molecular formula is C11H18N2. The molecular weight excluding hydrogens is 160 g/mol. The van der Waals surface area contributed by atoms with E-state index in [0.717, 1.165) is 29.8 Å². The molecule has 1 rings (SSSR count). The summed E-state index contributed by atoms with van der Waals surface area (Å²) >= 11 is 0. The molecule has 13 heavy (non-hydrogen) atoms. The lowest BCUT2D eigenvalue weighted by atomic mass is 9.97. The van der Waals surface area contributed by atoms with Crippen LogP contribution < -0.4 is 11.5 Å². The van der Waals surface area contributed by atoms with Gasteiger partial charge in [-0.2, -0.15) is 0 Å².